The van der Waals surface area contributed by atoms with E-state index in [1.54, 1.807) is 10.6 Å². The van der Waals surface area contributed by atoms with Gasteiger partial charge in [-0.25, -0.2) is 37.9 Å². The van der Waals surface area contributed by atoms with E-state index in [1.807, 2.05) is 0 Å². The molecule has 2 saturated heterocycles. The fourth-order valence-corrected chi connectivity index (χ4v) is 11.6. The monoisotopic (exact) mass is 884 g/mol. The highest BCUT2D eigenvalue weighted by Gasteiger charge is 2.58. The molecule has 8 rings (SSSR count). The third-order valence-corrected chi connectivity index (χ3v) is 14.3. The van der Waals surface area contributed by atoms with Crippen LogP contribution in [0.1, 0.15) is 12.5 Å². The van der Waals surface area contributed by atoms with Crippen molar-refractivity contribution in [3.63, 3.8) is 0 Å². The number of aliphatic hydroxyl groups excluding tert-OH is 4. The zero-order valence-electron chi connectivity index (χ0n) is 27.9. The predicted octanol–water partition coefficient (Wildman–Crippen LogP) is -1.72. The van der Waals surface area contributed by atoms with E-state index in [-0.39, 0.29) is 17.1 Å². The molecule has 0 aromatic carbocycles. The van der Waals surface area contributed by atoms with Crippen molar-refractivity contribution in [3.8, 4) is 0 Å². The van der Waals surface area contributed by atoms with Crippen LogP contribution in [0, 0.1) is 0 Å². The minimum atomic E-state index is -6.32. The van der Waals surface area contributed by atoms with Crippen molar-refractivity contribution in [1.82, 2.24) is 47.8 Å². The van der Waals surface area contributed by atoms with Gasteiger partial charge in [0.25, 0.3) is 0 Å². The summed E-state index contributed by atoms with van der Waals surface area (Å²) in [6.45, 7) is -1.12. The number of hydrogen-bond acceptors (Lipinski definition) is 20. The van der Waals surface area contributed by atoms with Crippen LogP contribution >= 0.6 is 31.1 Å². The fraction of sp³-hybridized carbons (Fsp3) is 0.417. The molecule has 6 aromatic rings. The molecule has 2 aliphatic heterocycles. The van der Waals surface area contributed by atoms with Crippen LogP contribution in [0.25, 0.3) is 33.9 Å². The molecular formula is C24H28N10O19P4. The highest BCUT2D eigenvalue weighted by Crippen LogP contribution is 2.70. The van der Waals surface area contributed by atoms with Gasteiger partial charge in [-0.3, -0.25) is 22.4 Å². The number of hydrogen-bond donors (Lipinski definition) is 9. The molecule has 12 atom stereocenters. The summed E-state index contributed by atoms with van der Waals surface area (Å²) in [5, 5.41) is 42.9. The number of phosphoric acid groups is 3. The van der Waals surface area contributed by atoms with Crippen LogP contribution in [-0.4, -0.2) is 142 Å². The molecule has 0 amide bonds. The molecule has 0 radical (unpaired) electrons. The maximum Gasteiger partial charge on any atom is 0.488 e. The molecule has 57 heavy (non-hydrogen) atoms. The Morgan fingerprint density at radius 2 is 1.21 bits per heavy atom. The number of fused-ring (bicyclic) bond motifs is 6. The molecule has 6 aromatic heterocycles. The summed E-state index contributed by atoms with van der Waals surface area (Å²) in [4.78, 5) is 74.9. The van der Waals surface area contributed by atoms with Gasteiger partial charge in [-0.2, -0.15) is 14.3 Å². The van der Waals surface area contributed by atoms with Gasteiger partial charge >= 0.3 is 31.1 Å². The summed E-state index contributed by atoms with van der Waals surface area (Å²) in [6, 6.07) is 0. The second-order valence-corrected chi connectivity index (χ2v) is 18.7. The average Bonchev–Trinajstić information content (AvgIpc) is 3.96. The van der Waals surface area contributed by atoms with Crippen molar-refractivity contribution in [2.24, 2.45) is 0 Å². The SMILES string of the molecule is O=P(O)(O)OC([C@@H]1OC(n2cnc3nc4nccn4c3c2)[C@H](O)[C@@H]1O)P(=O)(O)OP(=O)(O)OP(=O)(O)OC[C@H]1OC(n2cnc3nc4nccn4c3c2)[C@H](O)[C@@H]1O. The Labute approximate surface area is 314 Å². The largest absolute Gasteiger partial charge is 0.488 e. The number of ether oxygens (including phenoxy) is 2. The molecule has 9 N–H and O–H groups in total. The molecule has 0 aliphatic carbocycles. The van der Waals surface area contributed by atoms with E-state index in [1.165, 1.54) is 46.3 Å². The minimum Gasteiger partial charge on any atom is -0.387 e. The quantitative estimate of drug-likeness (QED) is 0.0582. The molecule has 0 bridgehead atoms. The Hall–Kier alpha value is -3.50. The summed E-state index contributed by atoms with van der Waals surface area (Å²) in [5.74, 6) is -2.52. The number of aliphatic hydroxyl groups is 4. The Morgan fingerprint density at radius 1 is 0.684 bits per heavy atom. The van der Waals surface area contributed by atoms with Crippen LogP contribution < -0.4 is 0 Å². The average molecular weight is 884 g/mol. The summed E-state index contributed by atoms with van der Waals surface area (Å²) in [7, 11) is -24.3. The van der Waals surface area contributed by atoms with Gasteiger partial charge in [-0.05, 0) is 0 Å². The zero-order chi connectivity index (χ0) is 40.8. The van der Waals surface area contributed by atoms with E-state index in [2.05, 4.69) is 47.6 Å². The predicted molar refractivity (Wildman–Crippen MR) is 179 cm³/mol. The number of nitrogens with zero attached hydrogens (tertiary/aromatic N) is 10. The van der Waals surface area contributed by atoms with Crippen LogP contribution in [0.3, 0.4) is 0 Å². The van der Waals surface area contributed by atoms with Crippen molar-refractivity contribution in [2.75, 3.05) is 6.61 Å². The van der Waals surface area contributed by atoms with Crippen LogP contribution in [0.4, 0.5) is 0 Å². The molecule has 8 heterocycles. The summed E-state index contributed by atoms with van der Waals surface area (Å²) >= 11 is 0. The van der Waals surface area contributed by atoms with Crippen LogP contribution in [-0.2, 0) is 45.4 Å². The van der Waals surface area contributed by atoms with E-state index in [0.717, 1.165) is 10.9 Å². The second kappa shape index (κ2) is 14.4. The van der Waals surface area contributed by atoms with Gasteiger partial charge in [0.15, 0.2) is 29.6 Å². The fourth-order valence-electron chi connectivity index (χ4n) is 6.21. The molecule has 308 valence electrons. The molecular weight excluding hydrogens is 856 g/mol. The Bertz CT molecular complexity index is 2680. The van der Waals surface area contributed by atoms with Crippen LogP contribution in [0.15, 0.2) is 49.8 Å². The van der Waals surface area contributed by atoms with E-state index >= 15 is 0 Å². The van der Waals surface area contributed by atoms with Gasteiger partial charge in [-0.15, -0.1) is 0 Å². The highest BCUT2D eigenvalue weighted by atomic mass is 31.3. The van der Waals surface area contributed by atoms with E-state index in [9.17, 15) is 63.2 Å². The third-order valence-electron chi connectivity index (χ3n) is 8.68. The van der Waals surface area contributed by atoms with Gasteiger partial charge in [0, 0.05) is 37.2 Å². The Balaban J connectivity index is 0.949. The lowest BCUT2D eigenvalue weighted by Crippen LogP contribution is -2.40. The van der Waals surface area contributed by atoms with E-state index in [0.29, 0.717) is 16.8 Å². The first-order valence-corrected chi connectivity index (χ1v) is 22.0. The molecule has 2 fully saturated rings. The van der Waals surface area contributed by atoms with Crippen LogP contribution in [0.5, 0.6) is 0 Å². The molecule has 33 heteroatoms. The topological polar surface area (TPSA) is 402 Å². The summed E-state index contributed by atoms with van der Waals surface area (Å²) < 4.78 is 84.6. The highest BCUT2D eigenvalue weighted by molar-refractivity contribution is 7.68. The van der Waals surface area contributed by atoms with E-state index in [4.69, 9.17) is 9.47 Å². The molecule has 6 unspecified atom stereocenters. The van der Waals surface area contributed by atoms with Gasteiger partial charge in [0.2, 0.25) is 11.6 Å². The third kappa shape index (κ3) is 7.74. The smallest absolute Gasteiger partial charge is 0.387 e. The standard InChI is InChI=1S/C24H28N10O19P4/c35-13-12(49-20(15(13)37)31-5-10-18(27-8-31)29-23-25-1-3-33(10)23)7-48-56(44,45)53-57(46,47)52-54(39,40)22(51-55(41,42)43)17-14(36)16(38)21(50-17)32-6-11-19(28-9-32)30-24-26-2-4-34(11)24/h1-6,8-9,12-17,20-22,35-38H,7H2,(H,39,40)(H,44,45)(H,46,47)(H2,41,42,43)/t12-,13-,14+,15-,16-,17-,20?,21?,22?/m1/s1. The first kappa shape index (κ1) is 40.3. The van der Waals surface area contributed by atoms with Crippen LogP contribution in [0.2, 0.25) is 0 Å². The van der Waals surface area contributed by atoms with Gasteiger partial charge in [0.05, 0.1) is 19.3 Å². The number of aromatic nitrogens is 10. The van der Waals surface area contributed by atoms with Crippen molar-refractivity contribution >= 4 is 64.9 Å². The van der Waals surface area contributed by atoms with Crippen molar-refractivity contribution in [3.05, 3.63) is 49.8 Å². The second-order valence-electron chi connectivity index (χ2n) is 12.4. The molecule has 0 spiro atoms. The first-order chi connectivity index (χ1) is 26.7. The lowest BCUT2D eigenvalue weighted by Gasteiger charge is -2.29. The normalized spacial score (nSPS) is 29.6. The van der Waals surface area contributed by atoms with Gasteiger partial charge in [-0.1, -0.05) is 0 Å². The molecule has 0 saturated carbocycles. The maximum absolute atomic E-state index is 13.4. The maximum atomic E-state index is 13.4. The zero-order valence-corrected chi connectivity index (χ0v) is 31.5. The number of phosphoric ester groups is 2. The van der Waals surface area contributed by atoms with Gasteiger partial charge < -0.3 is 63.5 Å². The van der Waals surface area contributed by atoms with Crippen molar-refractivity contribution < 1.29 is 90.3 Å². The van der Waals surface area contributed by atoms with Gasteiger partial charge in [0.1, 0.15) is 47.7 Å². The summed E-state index contributed by atoms with van der Waals surface area (Å²) in [6.07, 6.45) is -3.93. The lowest BCUT2D eigenvalue weighted by molar-refractivity contribution is -0.0666. The first-order valence-electron chi connectivity index (χ1n) is 15.9. The lowest BCUT2D eigenvalue weighted by atomic mass is 10.1. The Kier molecular flexibility index (Phi) is 10.1. The Morgan fingerprint density at radius 3 is 1.75 bits per heavy atom. The molecule has 29 nitrogen and oxygen atoms in total. The number of imidazole rings is 4. The minimum absolute atomic E-state index is 0.186. The number of rotatable bonds is 13. The van der Waals surface area contributed by atoms with Crippen molar-refractivity contribution in [1.29, 1.82) is 0 Å². The summed E-state index contributed by atoms with van der Waals surface area (Å²) in [5.41, 5.74) is 1.21. The van der Waals surface area contributed by atoms with Crippen molar-refractivity contribution in [2.45, 2.75) is 54.9 Å². The van der Waals surface area contributed by atoms with E-state index < -0.39 is 92.6 Å². The molecule has 2 aliphatic rings.